The summed E-state index contributed by atoms with van der Waals surface area (Å²) in [7, 11) is 0. The van der Waals surface area contributed by atoms with Crippen LogP contribution in [-0.2, 0) is 9.47 Å². The van der Waals surface area contributed by atoms with E-state index in [0.717, 1.165) is 0 Å². The summed E-state index contributed by atoms with van der Waals surface area (Å²) in [5.41, 5.74) is -2.10. The van der Waals surface area contributed by atoms with Gasteiger partial charge in [-0.3, -0.25) is 14.3 Å². The number of rotatable bonds is 3. The molecule has 19 heavy (non-hydrogen) atoms. The Hall–Kier alpha value is -1.48. The lowest BCUT2D eigenvalue weighted by atomic mass is 9.90. The van der Waals surface area contributed by atoms with Gasteiger partial charge in [-0.25, -0.2) is 4.79 Å². The van der Waals surface area contributed by atoms with Crippen LogP contribution in [0.3, 0.4) is 0 Å². The smallest absolute Gasteiger partial charge is 0.330 e. The number of ether oxygens (including phenoxy) is 2. The Bertz CT molecular complexity index is 595. The molecule has 0 aromatic carbocycles. The molecule has 0 aliphatic carbocycles. The largest absolute Gasteiger partial charge is 0.396 e. The Morgan fingerprint density at radius 2 is 2.26 bits per heavy atom. The molecule has 3 N–H and O–H groups in total. The Morgan fingerprint density at radius 3 is 2.84 bits per heavy atom. The molecule has 0 spiro atoms. The fourth-order valence-electron chi connectivity index (χ4n) is 2.78. The third-order valence-corrected chi connectivity index (χ3v) is 3.82. The van der Waals surface area contributed by atoms with Crippen molar-refractivity contribution in [2.24, 2.45) is 5.92 Å². The molecule has 8 heteroatoms. The summed E-state index contributed by atoms with van der Waals surface area (Å²) in [5.74, 6) is -0.402. The Balaban J connectivity index is 2.00. The minimum Gasteiger partial charge on any atom is -0.396 e. The average Bonchev–Trinajstić information content (AvgIpc) is 2.91. The second-order valence-electron chi connectivity index (χ2n) is 4.81. The van der Waals surface area contributed by atoms with Crippen molar-refractivity contribution >= 4 is 0 Å². The van der Waals surface area contributed by atoms with Crippen LogP contribution in [0.5, 0.6) is 0 Å². The molecule has 4 atom stereocenters. The van der Waals surface area contributed by atoms with E-state index in [-0.39, 0.29) is 19.8 Å². The Kier molecular flexibility index (Phi) is 2.82. The topological polar surface area (TPSA) is 114 Å². The number of hydrogen-bond donors (Lipinski definition) is 3. The quantitative estimate of drug-likeness (QED) is 0.574. The molecule has 0 radical (unpaired) electrons. The highest BCUT2D eigenvalue weighted by atomic mass is 16.6. The summed E-state index contributed by atoms with van der Waals surface area (Å²) < 4.78 is 12.4. The highest BCUT2D eigenvalue weighted by molar-refractivity contribution is 5.06. The second-order valence-corrected chi connectivity index (χ2v) is 4.81. The van der Waals surface area contributed by atoms with E-state index in [1.54, 1.807) is 0 Å². The molecule has 2 bridgehead atoms. The van der Waals surface area contributed by atoms with Crippen molar-refractivity contribution in [3.63, 3.8) is 0 Å². The third-order valence-electron chi connectivity index (χ3n) is 3.82. The molecule has 3 heterocycles. The van der Waals surface area contributed by atoms with E-state index in [1.807, 2.05) is 0 Å². The van der Waals surface area contributed by atoms with Crippen LogP contribution in [0.25, 0.3) is 0 Å². The van der Waals surface area contributed by atoms with Crippen molar-refractivity contribution in [1.29, 1.82) is 0 Å². The first-order valence-corrected chi connectivity index (χ1v) is 5.94. The van der Waals surface area contributed by atoms with E-state index < -0.39 is 35.1 Å². The number of aliphatic hydroxyl groups excluding tert-OH is 2. The number of nitrogens with zero attached hydrogens (tertiary/aromatic N) is 1. The molecule has 3 rings (SSSR count). The van der Waals surface area contributed by atoms with Gasteiger partial charge < -0.3 is 19.7 Å². The van der Waals surface area contributed by atoms with Gasteiger partial charge in [0.2, 0.25) is 0 Å². The molecule has 2 unspecified atom stereocenters. The van der Waals surface area contributed by atoms with Gasteiger partial charge in [0.25, 0.3) is 5.56 Å². The number of H-pyrrole nitrogens is 1. The van der Waals surface area contributed by atoms with Crippen molar-refractivity contribution in [3.05, 3.63) is 33.1 Å². The van der Waals surface area contributed by atoms with Gasteiger partial charge in [0.05, 0.1) is 19.8 Å². The zero-order valence-electron chi connectivity index (χ0n) is 9.98. The van der Waals surface area contributed by atoms with Gasteiger partial charge in [0, 0.05) is 18.2 Å². The monoisotopic (exact) mass is 270 g/mol. The van der Waals surface area contributed by atoms with Gasteiger partial charge >= 0.3 is 5.69 Å². The third kappa shape index (κ3) is 1.68. The van der Waals surface area contributed by atoms with Crippen molar-refractivity contribution in [2.75, 3.05) is 19.8 Å². The molecule has 1 aromatic heterocycles. The first-order valence-electron chi connectivity index (χ1n) is 5.94. The van der Waals surface area contributed by atoms with Crippen molar-refractivity contribution < 1.29 is 19.7 Å². The number of aromatic amines is 1. The summed E-state index contributed by atoms with van der Waals surface area (Å²) >= 11 is 0. The van der Waals surface area contributed by atoms with Crippen LogP contribution in [-0.4, -0.2) is 51.3 Å². The zero-order chi connectivity index (χ0) is 13.6. The van der Waals surface area contributed by atoms with E-state index in [0.29, 0.717) is 0 Å². The fourth-order valence-corrected chi connectivity index (χ4v) is 2.78. The summed E-state index contributed by atoms with van der Waals surface area (Å²) in [5, 5.41) is 18.9. The van der Waals surface area contributed by atoms with Gasteiger partial charge in [-0.2, -0.15) is 0 Å². The van der Waals surface area contributed by atoms with E-state index in [9.17, 15) is 19.8 Å². The number of nitrogens with one attached hydrogen (secondary N) is 1. The molecule has 2 aliphatic heterocycles. The van der Waals surface area contributed by atoms with Gasteiger partial charge in [-0.1, -0.05) is 0 Å². The predicted octanol–water partition coefficient (Wildman–Crippen LogP) is -2.20. The van der Waals surface area contributed by atoms with E-state index in [2.05, 4.69) is 4.98 Å². The maximum Gasteiger partial charge on any atom is 0.330 e. The van der Waals surface area contributed by atoms with E-state index in [4.69, 9.17) is 9.47 Å². The molecule has 1 aromatic rings. The zero-order valence-corrected chi connectivity index (χ0v) is 9.98. The molecule has 2 saturated heterocycles. The van der Waals surface area contributed by atoms with Crippen LogP contribution in [0.4, 0.5) is 0 Å². The van der Waals surface area contributed by atoms with Crippen LogP contribution in [0, 0.1) is 5.92 Å². The normalized spacial score (nSPS) is 36.8. The summed E-state index contributed by atoms with van der Waals surface area (Å²) in [6.07, 6.45) is 0.0261. The van der Waals surface area contributed by atoms with Gasteiger partial charge in [0.1, 0.15) is 11.7 Å². The molecular formula is C11H14N2O6. The maximum absolute atomic E-state index is 11.7. The van der Waals surface area contributed by atoms with Crippen molar-refractivity contribution in [1.82, 2.24) is 9.55 Å². The minimum atomic E-state index is -0.986. The first-order chi connectivity index (χ1) is 9.11. The van der Waals surface area contributed by atoms with Crippen molar-refractivity contribution in [3.8, 4) is 0 Å². The van der Waals surface area contributed by atoms with Gasteiger partial charge in [0.15, 0.2) is 6.23 Å². The highest BCUT2D eigenvalue weighted by Gasteiger charge is 2.61. The number of aliphatic hydroxyl groups is 2. The molecule has 8 nitrogen and oxygen atoms in total. The Morgan fingerprint density at radius 1 is 1.47 bits per heavy atom. The molecule has 2 aliphatic rings. The minimum absolute atomic E-state index is 0.175. The molecular weight excluding hydrogens is 256 g/mol. The highest BCUT2D eigenvalue weighted by Crippen LogP contribution is 2.48. The average molecular weight is 270 g/mol. The molecule has 104 valence electrons. The van der Waals surface area contributed by atoms with Crippen LogP contribution >= 0.6 is 0 Å². The first kappa shape index (κ1) is 12.5. The second kappa shape index (κ2) is 4.27. The number of hydrogen-bond acceptors (Lipinski definition) is 6. The van der Waals surface area contributed by atoms with E-state index in [1.165, 1.54) is 16.8 Å². The number of aromatic nitrogens is 2. The maximum atomic E-state index is 11.7. The van der Waals surface area contributed by atoms with Gasteiger partial charge in [-0.15, -0.1) is 0 Å². The lowest BCUT2D eigenvalue weighted by Gasteiger charge is -2.30. The Labute approximate surface area is 107 Å². The lowest BCUT2D eigenvalue weighted by molar-refractivity contribution is -0.186. The van der Waals surface area contributed by atoms with Crippen LogP contribution in [0.2, 0.25) is 0 Å². The van der Waals surface area contributed by atoms with Crippen LogP contribution < -0.4 is 11.2 Å². The fraction of sp³-hybridized carbons (Fsp3) is 0.636. The SMILES string of the molecule is O=c1ccn([C@@H]2O[C@@]3(CO)COC2C3CO)c(=O)[nH]1. The number of fused-ring (bicyclic) bond motifs is 2. The van der Waals surface area contributed by atoms with E-state index >= 15 is 0 Å². The van der Waals surface area contributed by atoms with Crippen LogP contribution in [0.1, 0.15) is 6.23 Å². The lowest BCUT2D eigenvalue weighted by Crippen LogP contribution is -2.43. The van der Waals surface area contributed by atoms with Crippen LogP contribution in [0.15, 0.2) is 21.9 Å². The summed E-state index contributed by atoms with van der Waals surface area (Å²) in [6, 6.07) is 1.20. The standard InChI is InChI=1S/C11H14N2O6/c14-3-6-8-9(19-11(6,4-15)5-18-8)13-2-1-7(16)12-10(13)17/h1-2,6,8-9,14-15H,3-5H2,(H,12,16,17)/t6?,8?,9-,11+/m1/s1. The van der Waals surface area contributed by atoms with Crippen molar-refractivity contribution in [2.45, 2.75) is 17.9 Å². The summed E-state index contributed by atoms with van der Waals surface area (Å²) in [6.45, 7) is -0.336. The molecule has 0 saturated carbocycles. The predicted molar refractivity (Wildman–Crippen MR) is 61.6 cm³/mol. The molecule has 0 amide bonds. The van der Waals surface area contributed by atoms with Gasteiger partial charge in [-0.05, 0) is 0 Å². The molecule has 2 fully saturated rings. The summed E-state index contributed by atoms with van der Waals surface area (Å²) in [4.78, 5) is 24.9.